The third-order valence-corrected chi connectivity index (χ3v) is 2.73. The summed E-state index contributed by atoms with van der Waals surface area (Å²) in [4.78, 5) is 0. The van der Waals surface area contributed by atoms with Gasteiger partial charge in [0.25, 0.3) is 0 Å². The first kappa shape index (κ1) is 12.7. The molecule has 0 N–H and O–H groups in total. The summed E-state index contributed by atoms with van der Waals surface area (Å²) in [7, 11) is 0. The summed E-state index contributed by atoms with van der Waals surface area (Å²) in [6.07, 6.45) is 11.3. The van der Waals surface area contributed by atoms with Gasteiger partial charge >= 0.3 is 0 Å². The molecule has 0 aliphatic carbocycles. The molecule has 2 unspecified atom stereocenters. The zero-order valence-electron chi connectivity index (χ0n) is 9.84. The molecule has 0 rings (SSSR count). The maximum absolute atomic E-state index is 2.38. The Morgan fingerprint density at radius 2 is 1.77 bits per heavy atom. The van der Waals surface area contributed by atoms with Gasteiger partial charge in [0.05, 0.1) is 0 Å². The van der Waals surface area contributed by atoms with E-state index >= 15 is 0 Å². The minimum Gasteiger partial charge on any atom is -0.0883 e. The second kappa shape index (κ2) is 8.34. The molecule has 0 aliphatic heterocycles. The minimum atomic E-state index is 0.780. The molecule has 0 aromatic carbocycles. The van der Waals surface area contributed by atoms with Crippen molar-refractivity contribution in [1.29, 1.82) is 0 Å². The predicted octanol–water partition coefficient (Wildman–Crippen LogP) is 4.81. The molecule has 78 valence electrons. The topological polar surface area (TPSA) is 0 Å². The van der Waals surface area contributed by atoms with Gasteiger partial charge in [0.15, 0.2) is 0 Å². The zero-order chi connectivity index (χ0) is 10.1. The van der Waals surface area contributed by atoms with Gasteiger partial charge in [-0.25, -0.2) is 0 Å². The largest absolute Gasteiger partial charge is 0.0883 e. The van der Waals surface area contributed by atoms with Crippen LogP contribution in [0.4, 0.5) is 0 Å². The predicted molar refractivity (Wildman–Crippen MR) is 61.9 cm³/mol. The van der Waals surface area contributed by atoms with Crippen LogP contribution in [0.2, 0.25) is 0 Å². The van der Waals surface area contributed by atoms with Gasteiger partial charge in [-0.1, -0.05) is 52.7 Å². The molecule has 13 heavy (non-hydrogen) atoms. The lowest BCUT2D eigenvalue weighted by Gasteiger charge is -2.05. The SMILES string of the molecule is CCCC(C)C=CCCC(C)CC. The van der Waals surface area contributed by atoms with Gasteiger partial charge in [-0.15, -0.1) is 0 Å². The van der Waals surface area contributed by atoms with Crippen LogP contribution in [0.25, 0.3) is 0 Å². The van der Waals surface area contributed by atoms with E-state index in [1.165, 1.54) is 32.1 Å². The van der Waals surface area contributed by atoms with E-state index in [0.717, 1.165) is 11.8 Å². The fourth-order valence-electron chi connectivity index (χ4n) is 1.46. The highest BCUT2D eigenvalue weighted by molar-refractivity contribution is 4.86. The van der Waals surface area contributed by atoms with Crippen molar-refractivity contribution >= 4 is 0 Å². The summed E-state index contributed by atoms with van der Waals surface area (Å²) in [5.74, 6) is 1.67. The standard InChI is InChI=1S/C13H26/c1-5-9-13(4)11-8-7-10-12(3)6-2/h8,11-13H,5-7,9-10H2,1-4H3. The lowest BCUT2D eigenvalue weighted by molar-refractivity contribution is 0.520. The van der Waals surface area contributed by atoms with Crippen LogP contribution >= 0.6 is 0 Å². The molecule has 0 bridgehead atoms. The van der Waals surface area contributed by atoms with Crippen LogP contribution in [0.15, 0.2) is 12.2 Å². The minimum absolute atomic E-state index is 0.780. The lowest BCUT2D eigenvalue weighted by Crippen LogP contribution is -1.91. The van der Waals surface area contributed by atoms with Gasteiger partial charge in [-0.05, 0) is 31.1 Å². The zero-order valence-corrected chi connectivity index (χ0v) is 9.84. The average Bonchev–Trinajstić information content (AvgIpc) is 2.12. The molecule has 0 nitrogen and oxygen atoms in total. The van der Waals surface area contributed by atoms with E-state index < -0.39 is 0 Å². The molecule has 2 atom stereocenters. The molecule has 0 aliphatic rings. The summed E-state index contributed by atoms with van der Waals surface area (Å²) in [6, 6.07) is 0. The molecule has 0 amide bonds. The van der Waals surface area contributed by atoms with Crippen molar-refractivity contribution in [2.24, 2.45) is 11.8 Å². The van der Waals surface area contributed by atoms with E-state index in [0.29, 0.717) is 0 Å². The third-order valence-electron chi connectivity index (χ3n) is 2.73. The van der Waals surface area contributed by atoms with E-state index in [1.54, 1.807) is 0 Å². The number of rotatable bonds is 7. The van der Waals surface area contributed by atoms with Crippen LogP contribution in [-0.4, -0.2) is 0 Å². The van der Waals surface area contributed by atoms with Crippen molar-refractivity contribution in [1.82, 2.24) is 0 Å². The van der Waals surface area contributed by atoms with Crippen LogP contribution < -0.4 is 0 Å². The Labute approximate surface area is 84.4 Å². The summed E-state index contributed by atoms with van der Waals surface area (Å²) in [5, 5.41) is 0. The summed E-state index contributed by atoms with van der Waals surface area (Å²) in [5.41, 5.74) is 0. The maximum atomic E-state index is 2.38. The first-order chi connectivity index (χ1) is 6.20. The van der Waals surface area contributed by atoms with Crippen molar-refractivity contribution in [2.75, 3.05) is 0 Å². The summed E-state index contributed by atoms with van der Waals surface area (Å²) >= 11 is 0. The Bertz CT molecular complexity index is 124. The fourth-order valence-corrected chi connectivity index (χ4v) is 1.46. The van der Waals surface area contributed by atoms with E-state index in [9.17, 15) is 0 Å². The van der Waals surface area contributed by atoms with Crippen molar-refractivity contribution in [3.8, 4) is 0 Å². The Balaban J connectivity index is 3.40. The second-order valence-corrected chi connectivity index (χ2v) is 4.28. The Hall–Kier alpha value is -0.260. The molecule has 0 saturated carbocycles. The number of hydrogen-bond donors (Lipinski definition) is 0. The van der Waals surface area contributed by atoms with Crippen molar-refractivity contribution in [3.05, 3.63) is 12.2 Å². The molecule has 0 aromatic rings. The van der Waals surface area contributed by atoms with E-state index in [1.807, 2.05) is 0 Å². The Morgan fingerprint density at radius 1 is 1.08 bits per heavy atom. The number of hydrogen-bond acceptors (Lipinski definition) is 0. The Kier molecular flexibility index (Phi) is 8.18. The third kappa shape index (κ3) is 8.08. The molecule has 0 spiro atoms. The summed E-state index contributed by atoms with van der Waals surface area (Å²) < 4.78 is 0. The van der Waals surface area contributed by atoms with E-state index in [2.05, 4.69) is 39.8 Å². The van der Waals surface area contributed by atoms with Crippen molar-refractivity contribution < 1.29 is 0 Å². The van der Waals surface area contributed by atoms with Crippen molar-refractivity contribution in [2.45, 2.75) is 59.8 Å². The quantitative estimate of drug-likeness (QED) is 0.496. The fraction of sp³-hybridized carbons (Fsp3) is 0.846. The van der Waals surface area contributed by atoms with Crippen LogP contribution in [0.5, 0.6) is 0 Å². The first-order valence-corrected chi connectivity index (χ1v) is 5.87. The first-order valence-electron chi connectivity index (χ1n) is 5.87. The lowest BCUT2D eigenvalue weighted by atomic mass is 10.0. The monoisotopic (exact) mass is 182 g/mol. The summed E-state index contributed by atoms with van der Waals surface area (Å²) in [6.45, 7) is 9.17. The van der Waals surface area contributed by atoms with Gasteiger partial charge in [-0.3, -0.25) is 0 Å². The Morgan fingerprint density at radius 3 is 2.31 bits per heavy atom. The number of allylic oxidation sites excluding steroid dienone is 2. The molecule has 0 heteroatoms. The van der Waals surface area contributed by atoms with E-state index in [-0.39, 0.29) is 0 Å². The smallest absolute Gasteiger partial charge is 0.0262 e. The van der Waals surface area contributed by atoms with Gasteiger partial charge < -0.3 is 0 Å². The molecule has 0 aromatic heterocycles. The van der Waals surface area contributed by atoms with Crippen LogP contribution in [0.3, 0.4) is 0 Å². The molecule has 0 radical (unpaired) electrons. The van der Waals surface area contributed by atoms with Crippen LogP contribution in [0, 0.1) is 11.8 Å². The van der Waals surface area contributed by atoms with Gasteiger partial charge in [-0.2, -0.15) is 0 Å². The second-order valence-electron chi connectivity index (χ2n) is 4.28. The van der Waals surface area contributed by atoms with E-state index in [4.69, 9.17) is 0 Å². The highest BCUT2D eigenvalue weighted by atomic mass is 14.0. The maximum Gasteiger partial charge on any atom is -0.0262 e. The highest BCUT2D eigenvalue weighted by Gasteiger charge is 1.96. The highest BCUT2D eigenvalue weighted by Crippen LogP contribution is 2.11. The normalized spacial score (nSPS) is 16.3. The van der Waals surface area contributed by atoms with Crippen LogP contribution in [-0.2, 0) is 0 Å². The van der Waals surface area contributed by atoms with Gasteiger partial charge in [0.1, 0.15) is 0 Å². The van der Waals surface area contributed by atoms with Gasteiger partial charge in [0, 0.05) is 0 Å². The average molecular weight is 182 g/mol. The van der Waals surface area contributed by atoms with Gasteiger partial charge in [0.2, 0.25) is 0 Å². The molecule has 0 heterocycles. The molecular weight excluding hydrogens is 156 g/mol. The van der Waals surface area contributed by atoms with Crippen LogP contribution in [0.1, 0.15) is 59.8 Å². The van der Waals surface area contributed by atoms with Crippen molar-refractivity contribution in [3.63, 3.8) is 0 Å². The molecule has 0 saturated heterocycles. The molecular formula is C13H26. The molecule has 0 fully saturated rings.